The van der Waals surface area contributed by atoms with Crippen LogP contribution in [0.15, 0.2) is 66.7 Å². The smallest absolute Gasteiger partial charge is 0.490 e. The van der Waals surface area contributed by atoms with Crippen molar-refractivity contribution in [2.45, 2.75) is 25.3 Å². The molecule has 1 heterocycles. The third-order valence-electron chi connectivity index (χ3n) is 4.98. The highest BCUT2D eigenvalue weighted by Gasteiger charge is 2.38. The number of nitrogens with one attached hydrogen (secondary N) is 1. The van der Waals surface area contributed by atoms with E-state index in [4.69, 9.17) is 25.1 Å². The van der Waals surface area contributed by atoms with Crippen LogP contribution in [-0.2, 0) is 17.5 Å². The number of fused-ring (bicyclic) bond motifs is 1. The van der Waals surface area contributed by atoms with Crippen molar-refractivity contribution in [2.24, 2.45) is 5.73 Å². The number of hydrogen-bond acceptors (Lipinski definition) is 7. The quantitative estimate of drug-likeness (QED) is 0.142. The van der Waals surface area contributed by atoms with Crippen molar-refractivity contribution in [3.8, 4) is 17.2 Å². The molecule has 0 saturated carbocycles. The molecule has 0 unspecified atom stereocenters. The summed E-state index contributed by atoms with van der Waals surface area (Å²) in [4.78, 5) is 13.5. The summed E-state index contributed by atoms with van der Waals surface area (Å²) in [5, 5.41) is 11.2. The summed E-state index contributed by atoms with van der Waals surface area (Å²) in [6, 6.07) is 17.9. The number of aliphatic carboxylic acids is 1. The molecule has 0 radical (unpaired) electrons. The Kier molecular flexibility index (Phi) is 10.2. The Labute approximate surface area is 228 Å². The Bertz CT molecular complexity index is 1410. The van der Waals surface area contributed by atoms with Crippen molar-refractivity contribution in [3.63, 3.8) is 0 Å². The Morgan fingerprint density at radius 2 is 1.60 bits per heavy atom. The number of ether oxygens (including phenoxy) is 2. The number of nitrogens with zero attached hydrogens (tertiary/aromatic N) is 1. The number of halogens is 6. The first-order valence-corrected chi connectivity index (χ1v) is 12.4. The van der Waals surface area contributed by atoms with Crippen molar-refractivity contribution >= 4 is 32.7 Å². The highest BCUT2D eigenvalue weighted by atomic mass is 32.1. The van der Waals surface area contributed by atoms with E-state index in [-0.39, 0.29) is 5.75 Å². The summed E-state index contributed by atoms with van der Waals surface area (Å²) in [6.45, 7) is 1.79. The Morgan fingerprint density at radius 1 is 0.950 bits per heavy atom. The number of carboxylic acids is 1. The molecule has 0 aliphatic rings. The molecule has 3 aromatic carbocycles. The second-order valence-electron chi connectivity index (χ2n) is 8.07. The van der Waals surface area contributed by atoms with Gasteiger partial charge in [-0.25, -0.2) is 9.78 Å². The third-order valence-corrected chi connectivity index (χ3v) is 5.96. The zero-order valence-electron chi connectivity index (χ0n) is 20.6. The maximum Gasteiger partial charge on any atom is 0.490 e. The van der Waals surface area contributed by atoms with E-state index in [0.29, 0.717) is 25.4 Å². The maximum atomic E-state index is 12.9. The summed E-state index contributed by atoms with van der Waals surface area (Å²) in [5.41, 5.74) is 6.57. The number of hydrogen-bond donors (Lipinski definition) is 3. The Morgan fingerprint density at radius 3 is 2.23 bits per heavy atom. The van der Waals surface area contributed by atoms with Gasteiger partial charge >= 0.3 is 18.3 Å². The molecule has 214 valence electrons. The van der Waals surface area contributed by atoms with Crippen molar-refractivity contribution in [2.75, 3.05) is 18.5 Å². The Balaban J connectivity index is 0.000000559. The molecule has 0 fully saturated rings. The molecule has 0 aliphatic heterocycles. The normalized spacial score (nSPS) is 11.5. The van der Waals surface area contributed by atoms with Gasteiger partial charge in [0.25, 0.3) is 0 Å². The molecule has 4 rings (SSSR count). The summed E-state index contributed by atoms with van der Waals surface area (Å²) in [6.07, 6.45) is -8.69. The van der Waals surface area contributed by atoms with Gasteiger partial charge in [0.1, 0.15) is 17.2 Å². The van der Waals surface area contributed by atoms with Gasteiger partial charge in [0.05, 0.1) is 22.4 Å². The average Bonchev–Trinajstić information content (AvgIpc) is 3.30. The molecule has 0 atom stereocenters. The molecule has 0 bridgehead atoms. The zero-order valence-corrected chi connectivity index (χ0v) is 21.4. The van der Waals surface area contributed by atoms with E-state index in [1.54, 1.807) is 18.2 Å². The molecule has 0 aliphatic carbocycles. The van der Waals surface area contributed by atoms with E-state index in [1.807, 2.05) is 24.3 Å². The molecule has 0 amide bonds. The van der Waals surface area contributed by atoms with E-state index < -0.39 is 23.9 Å². The summed E-state index contributed by atoms with van der Waals surface area (Å²) in [5.74, 6) is -1.38. The number of thiazole rings is 1. The minimum absolute atomic E-state index is 0.127. The molecule has 1 aromatic heterocycles. The van der Waals surface area contributed by atoms with Crippen LogP contribution in [0.1, 0.15) is 17.5 Å². The van der Waals surface area contributed by atoms with Gasteiger partial charge in [-0.1, -0.05) is 29.5 Å². The molecule has 14 heteroatoms. The van der Waals surface area contributed by atoms with Crippen LogP contribution in [0, 0.1) is 0 Å². The van der Waals surface area contributed by atoms with Gasteiger partial charge in [0, 0.05) is 12.6 Å². The monoisotopic (exact) mass is 587 g/mol. The van der Waals surface area contributed by atoms with Crippen molar-refractivity contribution in [1.29, 1.82) is 0 Å². The van der Waals surface area contributed by atoms with Crippen LogP contribution in [0.25, 0.3) is 10.2 Å². The standard InChI is InChI=1S/C24H22F3N3O2S.C2HF3O2/c25-24(26,27)17-3-1-4-19(13-17)32-20-9-10-21-22(14-20)33-23(30-21)29-15-16-5-7-18(8-6-16)31-12-2-11-28;3-2(4,5)1(6)7/h1,3-10,13-14H,2,11-12,15,28H2,(H,29,30);(H,6,7). The number of carboxylic acid groups (broad SMARTS) is 1. The first kappa shape index (κ1) is 30.5. The van der Waals surface area contributed by atoms with E-state index in [1.165, 1.54) is 23.5 Å². The van der Waals surface area contributed by atoms with Crippen LogP contribution in [-0.4, -0.2) is 35.4 Å². The molecular formula is C26H23F6N3O4S. The first-order chi connectivity index (χ1) is 18.8. The van der Waals surface area contributed by atoms with Crippen LogP contribution in [0.4, 0.5) is 31.5 Å². The molecule has 0 saturated heterocycles. The molecule has 4 aromatic rings. The molecule has 4 N–H and O–H groups in total. The van der Waals surface area contributed by atoms with Crippen LogP contribution in [0.3, 0.4) is 0 Å². The van der Waals surface area contributed by atoms with Crippen molar-refractivity contribution in [3.05, 3.63) is 77.9 Å². The van der Waals surface area contributed by atoms with Crippen LogP contribution in [0.5, 0.6) is 17.2 Å². The fraction of sp³-hybridized carbons (Fsp3) is 0.231. The molecule has 7 nitrogen and oxygen atoms in total. The number of alkyl halides is 6. The SMILES string of the molecule is NCCCOc1ccc(CNc2nc3ccc(Oc4cccc(C(F)(F)F)c4)cc3s2)cc1.O=C(O)C(F)(F)F. The lowest BCUT2D eigenvalue weighted by Gasteiger charge is -2.09. The maximum absolute atomic E-state index is 12.9. The number of nitrogens with two attached hydrogens (primary N) is 1. The number of carbonyl (C=O) groups is 1. The van der Waals surface area contributed by atoms with Crippen LogP contribution in [0.2, 0.25) is 0 Å². The average molecular weight is 588 g/mol. The number of benzene rings is 3. The van der Waals surface area contributed by atoms with Gasteiger partial charge in [-0.15, -0.1) is 0 Å². The topological polar surface area (TPSA) is 107 Å². The number of anilines is 1. The molecular weight excluding hydrogens is 564 g/mol. The van der Waals surface area contributed by atoms with Crippen molar-refractivity contribution in [1.82, 2.24) is 4.98 Å². The van der Waals surface area contributed by atoms with Crippen LogP contribution < -0.4 is 20.5 Å². The van der Waals surface area contributed by atoms with Gasteiger partial charge < -0.3 is 25.6 Å². The summed E-state index contributed by atoms with van der Waals surface area (Å²) >= 11 is 1.45. The number of rotatable bonds is 9. The largest absolute Gasteiger partial charge is 0.494 e. The van der Waals surface area contributed by atoms with Gasteiger partial charge in [0.2, 0.25) is 0 Å². The highest BCUT2D eigenvalue weighted by Crippen LogP contribution is 2.34. The minimum Gasteiger partial charge on any atom is -0.494 e. The second-order valence-corrected chi connectivity index (χ2v) is 9.10. The van der Waals surface area contributed by atoms with Crippen molar-refractivity contribution < 1.29 is 45.7 Å². The van der Waals surface area contributed by atoms with E-state index in [9.17, 15) is 26.3 Å². The minimum atomic E-state index is -5.08. The molecule has 40 heavy (non-hydrogen) atoms. The number of aromatic nitrogens is 1. The van der Waals surface area contributed by atoms with Gasteiger partial charge in [0.15, 0.2) is 5.13 Å². The summed E-state index contributed by atoms with van der Waals surface area (Å²) < 4.78 is 82.6. The fourth-order valence-electron chi connectivity index (χ4n) is 3.07. The lowest BCUT2D eigenvalue weighted by Crippen LogP contribution is -2.21. The zero-order chi connectivity index (χ0) is 29.3. The fourth-order valence-corrected chi connectivity index (χ4v) is 3.96. The molecule has 0 spiro atoms. The van der Waals surface area contributed by atoms with Gasteiger partial charge in [-0.3, -0.25) is 0 Å². The second kappa shape index (κ2) is 13.3. The highest BCUT2D eigenvalue weighted by molar-refractivity contribution is 7.22. The van der Waals surface area contributed by atoms with Gasteiger partial charge in [-0.05, 0) is 61.0 Å². The summed E-state index contributed by atoms with van der Waals surface area (Å²) in [7, 11) is 0. The lowest BCUT2D eigenvalue weighted by molar-refractivity contribution is -0.192. The van der Waals surface area contributed by atoms with Gasteiger partial charge in [-0.2, -0.15) is 26.3 Å². The Hall–Kier alpha value is -4.04. The predicted octanol–water partition coefficient (Wildman–Crippen LogP) is 7.08. The van der Waals surface area contributed by atoms with E-state index in [0.717, 1.165) is 45.2 Å². The lowest BCUT2D eigenvalue weighted by atomic mass is 10.2. The first-order valence-electron chi connectivity index (χ1n) is 11.6. The van der Waals surface area contributed by atoms with E-state index in [2.05, 4.69) is 10.3 Å². The van der Waals surface area contributed by atoms with E-state index >= 15 is 0 Å². The van der Waals surface area contributed by atoms with Crippen LogP contribution >= 0.6 is 11.3 Å². The predicted molar refractivity (Wildman–Crippen MR) is 138 cm³/mol. The third kappa shape index (κ3) is 9.31.